The van der Waals surface area contributed by atoms with Gasteiger partial charge in [0.1, 0.15) is 23.4 Å². The summed E-state index contributed by atoms with van der Waals surface area (Å²) in [5, 5.41) is 27.6. The second-order valence-electron chi connectivity index (χ2n) is 19.3. The first kappa shape index (κ1) is 63.0. The molecule has 0 spiro atoms. The van der Waals surface area contributed by atoms with Crippen LogP contribution in [0.15, 0.2) is 78.9 Å². The molecule has 1 saturated heterocycles. The van der Waals surface area contributed by atoms with E-state index >= 15 is 4.39 Å². The summed E-state index contributed by atoms with van der Waals surface area (Å²) in [7, 11) is 1.76. The van der Waals surface area contributed by atoms with Crippen molar-refractivity contribution in [1.82, 2.24) is 30.8 Å². The number of ether oxygens (including phenoxy) is 6. The number of benzene rings is 5. The molecule has 1 aromatic heterocycles. The van der Waals surface area contributed by atoms with Gasteiger partial charge in [-0.25, -0.2) is 14.2 Å². The van der Waals surface area contributed by atoms with Crippen LogP contribution >= 0.6 is 23.2 Å². The van der Waals surface area contributed by atoms with Crippen molar-refractivity contribution in [3.8, 4) is 16.9 Å². The van der Waals surface area contributed by atoms with E-state index in [-0.39, 0.29) is 40.9 Å². The number of phenolic OH excluding ortho intramolecular Hbond substituents is 1. The number of halogens is 3. The molecule has 6 N–H and O–H groups in total. The number of nitrogens with zero attached hydrogens (tertiary/aromatic N) is 4. The van der Waals surface area contributed by atoms with Crippen LogP contribution in [-0.4, -0.2) is 170 Å². The summed E-state index contributed by atoms with van der Waals surface area (Å²) in [6.07, 6.45) is 2.93. The summed E-state index contributed by atoms with van der Waals surface area (Å²) in [6.45, 7) is 10.3. The van der Waals surface area contributed by atoms with Crippen molar-refractivity contribution < 1.29 is 57.1 Å². The van der Waals surface area contributed by atoms with Crippen LogP contribution in [0.25, 0.3) is 32.8 Å². The number of carbonyl (C=O) groups is 4. The van der Waals surface area contributed by atoms with Crippen LogP contribution in [0.4, 0.5) is 26.6 Å². The van der Waals surface area contributed by atoms with E-state index in [2.05, 4.69) is 36.5 Å². The zero-order valence-electron chi connectivity index (χ0n) is 46.2. The summed E-state index contributed by atoms with van der Waals surface area (Å²) in [4.78, 5) is 61.4. The van der Waals surface area contributed by atoms with Crippen molar-refractivity contribution in [3.05, 3.63) is 117 Å². The van der Waals surface area contributed by atoms with E-state index in [0.29, 0.717) is 157 Å². The minimum Gasteiger partial charge on any atom is -0.508 e. The van der Waals surface area contributed by atoms with Crippen LogP contribution in [-0.2, 0) is 57.5 Å². The minimum absolute atomic E-state index is 0.00245. The molecule has 1 fully saturated rings. The lowest BCUT2D eigenvalue weighted by Gasteiger charge is -2.29. The number of likely N-dealkylation sites (N-methyl/N-ethyl adjacent to an activating group) is 1. The van der Waals surface area contributed by atoms with Gasteiger partial charge in [-0.05, 0) is 89.3 Å². The third-order valence-corrected chi connectivity index (χ3v) is 13.9. The first-order valence-electron chi connectivity index (χ1n) is 27.4. The monoisotopic (exact) mass is 1170 g/mol. The second-order valence-corrected chi connectivity index (χ2v) is 20.1. The van der Waals surface area contributed by atoms with Crippen molar-refractivity contribution in [2.24, 2.45) is 0 Å². The minimum atomic E-state index is -0.598. The quantitative estimate of drug-likeness (QED) is 0.0165. The van der Waals surface area contributed by atoms with Gasteiger partial charge in [0.2, 0.25) is 18.3 Å². The highest BCUT2D eigenvalue weighted by molar-refractivity contribution is 6.35. The molecule has 82 heavy (non-hydrogen) atoms. The van der Waals surface area contributed by atoms with Gasteiger partial charge < -0.3 is 59.7 Å². The van der Waals surface area contributed by atoms with Crippen molar-refractivity contribution >= 4 is 87.0 Å². The molecule has 0 aliphatic carbocycles. The number of aldehydes is 1. The maximum atomic E-state index is 16.7. The highest BCUT2D eigenvalue weighted by atomic mass is 35.5. The van der Waals surface area contributed by atoms with Crippen LogP contribution in [0.1, 0.15) is 46.8 Å². The Labute approximate surface area is 486 Å². The normalized spacial score (nSPS) is 12.9. The van der Waals surface area contributed by atoms with Gasteiger partial charge in [-0.1, -0.05) is 79.0 Å². The van der Waals surface area contributed by atoms with Gasteiger partial charge in [0, 0.05) is 73.0 Å². The van der Waals surface area contributed by atoms with Crippen molar-refractivity contribution in [1.29, 1.82) is 0 Å². The molecule has 0 bridgehead atoms. The summed E-state index contributed by atoms with van der Waals surface area (Å²) in [5.41, 5.74) is 4.04. The number of rotatable bonds is 35. The third-order valence-electron chi connectivity index (χ3n) is 13.3. The number of hydrogen-bond donors (Lipinski definition) is 6. The Bertz CT molecular complexity index is 3070. The fourth-order valence-electron chi connectivity index (χ4n) is 9.36. The Morgan fingerprint density at radius 2 is 1.48 bits per heavy atom. The maximum Gasteiger partial charge on any atom is 0.319 e. The molecular weight excluding hydrogens is 1100 g/mol. The molecule has 6 aromatic rings. The lowest BCUT2D eigenvalue weighted by molar-refractivity contribution is -0.129. The molecule has 2 heterocycles. The number of anilines is 3. The van der Waals surface area contributed by atoms with Crippen LogP contribution in [0.3, 0.4) is 0 Å². The zero-order valence-corrected chi connectivity index (χ0v) is 47.8. The van der Waals surface area contributed by atoms with Gasteiger partial charge in [0.05, 0.1) is 90.3 Å². The lowest BCUT2D eigenvalue weighted by Crippen LogP contribution is -2.44. The largest absolute Gasteiger partial charge is 0.508 e. The predicted octanol–water partition coefficient (Wildman–Crippen LogP) is 7.77. The number of imide groups is 1. The topological polar surface area (TPSA) is 236 Å². The summed E-state index contributed by atoms with van der Waals surface area (Å²) in [6, 6.07) is 21.8. The van der Waals surface area contributed by atoms with Crippen LogP contribution in [0.2, 0.25) is 10.0 Å². The number of hydrogen-bond acceptors (Lipinski definition) is 17. The first-order valence-corrected chi connectivity index (χ1v) is 28.1. The molecular formula is C59H72Cl2FN9O11. The van der Waals surface area contributed by atoms with E-state index in [4.69, 9.17) is 56.6 Å². The van der Waals surface area contributed by atoms with E-state index in [0.717, 1.165) is 47.7 Å². The number of aromatic nitrogens is 2. The molecule has 5 aromatic carbocycles. The van der Waals surface area contributed by atoms with E-state index < -0.39 is 23.8 Å². The van der Waals surface area contributed by atoms with Crippen LogP contribution < -0.4 is 31.5 Å². The smallest absolute Gasteiger partial charge is 0.319 e. The average Bonchev–Trinajstić information content (AvgIpc) is 2.21. The molecule has 0 saturated carbocycles. The molecule has 23 heteroatoms. The SMILES string of the molecule is CCCC(C(=O)NC=O)N(C)Cc1cc(CNC(=O)Nc2cc(Cl)cc(CCOCCOCCOCCOCCOCCOCCNc3nc(N4CCNCC4)c4cc(Cl)c(-c5cc(O)cc6ccccc56)c(F)c4n3)c2)ccc1C=O. The van der Waals surface area contributed by atoms with Crippen molar-refractivity contribution in [3.63, 3.8) is 0 Å². The fraction of sp³-hybridized carbons (Fsp3) is 0.424. The number of nitrogens with one attached hydrogen (secondary N) is 5. The van der Waals surface area contributed by atoms with Gasteiger partial charge in [-0.15, -0.1) is 0 Å². The third kappa shape index (κ3) is 19.0. The Morgan fingerprint density at radius 3 is 2.15 bits per heavy atom. The number of fused-ring (bicyclic) bond motifs is 2. The highest BCUT2D eigenvalue weighted by Crippen LogP contribution is 2.42. The van der Waals surface area contributed by atoms with Crippen molar-refractivity contribution in [2.75, 3.05) is 135 Å². The number of urea groups is 1. The molecule has 4 amide bonds. The average molecular weight is 1170 g/mol. The summed E-state index contributed by atoms with van der Waals surface area (Å²) >= 11 is 13.2. The van der Waals surface area contributed by atoms with Gasteiger partial charge in [-0.3, -0.25) is 24.6 Å². The number of amides is 4. The Morgan fingerprint density at radius 1 is 0.805 bits per heavy atom. The van der Waals surface area contributed by atoms with Gasteiger partial charge >= 0.3 is 6.03 Å². The van der Waals surface area contributed by atoms with Gasteiger partial charge in [0.15, 0.2) is 5.82 Å². The summed E-state index contributed by atoms with van der Waals surface area (Å²) < 4.78 is 50.7. The summed E-state index contributed by atoms with van der Waals surface area (Å²) in [5.74, 6) is -0.160. The van der Waals surface area contributed by atoms with Crippen LogP contribution in [0, 0.1) is 5.82 Å². The predicted molar refractivity (Wildman–Crippen MR) is 315 cm³/mol. The molecule has 7 rings (SSSR count). The van der Waals surface area contributed by atoms with E-state index in [9.17, 15) is 24.3 Å². The Balaban J connectivity index is 0.706. The molecule has 1 aliphatic rings. The number of aromatic hydroxyl groups is 1. The number of piperazine rings is 1. The molecule has 440 valence electrons. The molecule has 1 aliphatic heterocycles. The molecule has 20 nitrogen and oxygen atoms in total. The maximum absolute atomic E-state index is 16.7. The van der Waals surface area contributed by atoms with Gasteiger partial charge in [0.25, 0.3) is 0 Å². The second kappa shape index (κ2) is 33.5. The standard InChI is InChI=1S/C59H72Cl2FN9O11/c1-3-6-52(57(75)66-39-73)70(2)37-44-29-41(9-10-43(44)38-72)36-65-59(76)67-46-31-40(30-45(60)33-46)11-17-77-19-21-79-23-25-81-27-28-82-26-24-80-22-20-78-18-14-64-58-68-55-50(56(69-58)71-15-12-63-13-16-71)35-51(61)53(54(55)62)49-34-47(74)32-42-7-4-5-8-48(42)49/h4-5,7-10,29-35,38-39,52,63,74H,3,6,11-28,36-37H2,1-2H3,(H,64,68,69)(H2,65,67,76)(H,66,73,75). The Kier molecular flexibility index (Phi) is 25.7. The number of carbonyl (C=O) groups excluding carboxylic acids is 4. The van der Waals surface area contributed by atoms with Crippen LogP contribution in [0.5, 0.6) is 5.75 Å². The van der Waals surface area contributed by atoms with E-state index in [1.807, 2.05) is 49.4 Å². The molecule has 1 unspecified atom stereocenters. The molecule has 1 atom stereocenters. The van der Waals surface area contributed by atoms with Crippen molar-refractivity contribution in [2.45, 2.75) is 45.3 Å². The fourth-order valence-corrected chi connectivity index (χ4v) is 9.91. The van der Waals surface area contributed by atoms with E-state index in [1.54, 1.807) is 42.3 Å². The van der Waals surface area contributed by atoms with Gasteiger partial charge in [-0.2, -0.15) is 4.98 Å². The molecule has 0 radical (unpaired) electrons. The zero-order chi connectivity index (χ0) is 58.1. The number of phenols is 1. The lowest BCUT2D eigenvalue weighted by atomic mass is 9.96. The van der Waals surface area contributed by atoms with E-state index in [1.165, 1.54) is 6.07 Å². The first-order chi connectivity index (χ1) is 40.0. The highest BCUT2D eigenvalue weighted by Gasteiger charge is 2.26. The Hall–Kier alpha value is -6.63.